The monoisotopic (exact) mass is 178 g/mol. The molecule has 1 aromatic heterocycles. The van der Waals surface area contributed by atoms with Crippen molar-refractivity contribution in [2.75, 3.05) is 5.73 Å². The normalized spacial score (nSPS) is 15.8. The van der Waals surface area contributed by atoms with E-state index in [2.05, 4.69) is 11.9 Å². The first-order valence-corrected chi connectivity index (χ1v) is 4.70. The fourth-order valence-corrected chi connectivity index (χ4v) is 1.15. The number of ether oxygens (including phenoxy) is 1. The van der Waals surface area contributed by atoms with Gasteiger partial charge in [-0.2, -0.15) is 0 Å². The summed E-state index contributed by atoms with van der Waals surface area (Å²) in [4.78, 5) is 4.08. The number of pyridine rings is 1. The third kappa shape index (κ3) is 1.91. The molecule has 70 valence electrons. The van der Waals surface area contributed by atoms with Crippen LogP contribution >= 0.6 is 0 Å². The average Bonchev–Trinajstić information content (AvgIpc) is 2.93. The van der Waals surface area contributed by atoms with E-state index in [1.165, 1.54) is 5.56 Å². The number of nitrogens with zero attached hydrogens (tertiary/aromatic N) is 1. The van der Waals surface area contributed by atoms with E-state index in [1.807, 2.05) is 6.07 Å². The number of anilines is 1. The van der Waals surface area contributed by atoms with Crippen molar-refractivity contribution in [1.82, 2.24) is 4.98 Å². The molecule has 1 aliphatic rings. The van der Waals surface area contributed by atoms with Crippen LogP contribution in [0.3, 0.4) is 0 Å². The highest BCUT2D eigenvalue weighted by Crippen LogP contribution is 2.29. The summed E-state index contributed by atoms with van der Waals surface area (Å²) in [5.74, 6) is 1.26. The molecular formula is C10H14N2O. The van der Waals surface area contributed by atoms with Crippen LogP contribution in [-0.2, 0) is 6.42 Å². The van der Waals surface area contributed by atoms with Crippen LogP contribution in [0.2, 0.25) is 0 Å². The van der Waals surface area contributed by atoms with E-state index in [-0.39, 0.29) is 0 Å². The van der Waals surface area contributed by atoms with Gasteiger partial charge in [0.15, 0.2) is 11.6 Å². The van der Waals surface area contributed by atoms with E-state index in [0.29, 0.717) is 11.9 Å². The highest BCUT2D eigenvalue weighted by Gasteiger charge is 2.24. The Kier molecular flexibility index (Phi) is 2.08. The summed E-state index contributed by atoms with van der Waals surface area (Å²) in [5.41, 5.74) is 6.86. The number of aromatic nitrogens is 1. The lowest BCUT2D eigenvalue weighted by atomic mass is 10.2. The van der Waals surface area contributed by atoms with Crippen LogP contribution in [0.5, 0.6) is 5.75 Å². The molecule has 1 aliphatic carbocycles. The van der Waals surface area contributed by atoms with Crippen molar-refractivity contribution in [1.29, 1.82) is 0 Å². The Morgan fingerprint density at radius 3 is 3.00 bits per heavy atom. The molecule has 3 nitrogen and oxygen atoms in total. The number of hydrogen-bond donors (Lipinski definition) is 1. The van der Waals surface area contributed by atoms with Crippen LogP contribution in [0.25, 0.3) is 0 Å². The molecule has 2 rings (SSSR count). The number of aryl methyl sites for hydroxylation is 1. The number of nitrogens with two attached hydrogens (primary N) is 1. The fourth-order valence-electron chi connectivity index (χ4n) is 1.15. The third-order valence-electron chi connectivity index (χ3n) is 2.16. The lowest BCUT2D eigenvalue weighted by Gasteiger charge is -2.07. The van der Waals surface area contributed by atoms with Gasteiger partial charge >= 0.3 is 0 Å². The van der Waals surface area contributed by atoms with Gasteiger partial charge in [-0.25, -0.2) is 4.98 Å². The van der Waals surface area contributed by atoms with Gasteiger partial charge in [0.2, 0.25) is 0 Å². The summed E-state index contributed by atoms with van der Waals surface area (Å²) >= 11 is 0. The van der Waals surface area contributed by atoms with Crippen molar-refractivity contribution in [2.45, 2.75) is 32.3 Å². The molecule has 0 atom stereocenters. The maximum absolute atomic E-state index is 5.68. The first kappa shape index (κ1) is 8.35. The van der Waals surface area contributed by atoms with E-state index in [9.17, 15) is 0 Å². The van der Waals surface area contributed by atoms with Crippen LogP contribution in [0.15, 0.2) is 12.3 Å². The molecule has 0 unspecified atom stereocenters. The maximum Gasteiger partial charge on any atom is 0.166 e. The first-order valence-electron chi connectivity index (χ1n) is 4.70. The second-order valence-corrected chi connectivity index (χ2v) is 3.40. The van der Waals surface area contributed by atoms with Crippen LogP contribution in [0.1, 0.15) is 25.3 Å². The van der Waals surface area contributed by atoms with Crippen molar-refractivity contribution < 1.29 is 4.74 Å². The van der Waals surface area contributed by atoms with Gasteiger partial charge in [-0.15, -0.1) is 0 Å². The van der Waals surface area contributed by atoms with Gasteiger partial charge in [0, 0.05) is 6.20 Å². The molecule has 1 aromatic rings. The predicted octanol–water partition coefficient (Wildman–Crippen LogP) is 1.77. The second-order valence-electron chi connectivity index (χ2n) is 3.40. The molecule has 13 heavy (non-hydrogen) atoms. The minimum absolute atomic E-state index is 0.385. The minimum Gasteiger partial charge on any atom is -0.487 e. The van der Waals surface area contributed by atoms with Crippen LogP contribution in [0.4, 0.5) is 5.82 Å². The number of nitrogen functional groups attached to an aromatic ring is 1. The summed E-state index contributed by atoms with van der Waals surface area (Å²) in [6.07, 6.45) is 5.45. The van der Waals surface area contributed by atoms with Gasteiger partial charge in [0.1, 0.15) is 0 Å². The number of rotatable bonds is 3. The van der Waals surface area contributed by atoms with E-state index in [1.54, 1.807) is 6.20 Å². The summed E-state index contributed by atoms with van der Waals surface area (Å²) in [6.45, 7) is 2.09. The molecular weight excluding hydrogens is 164 g/mol. The fraction of sp³-hybridized carbons (Fsp3) is 0.500. The van der Waals surface area contributed by atoms with Crippen LogP contribution in [0, 0.1) is 0 Å². The molecule has 1 saturated carbocycles. The Morgan fingerprint density at radius 2 is 2.38 bits per heavy atom. The minimum atomic E-state index is 0.385. The predicted molar refractivity (Wildman–Crippen MR) is 51.7 cm³/mol. The summed E-state index contributed by atoms with van der Waals surface area (Å²) in [6, 6.07) is 1.99. The Labute approximate surface area is 77.9 Å². The zero-order valence-corrected chi connectivity index (χ0v) is 7.79. The topological polar surface area (TPSA) is 48.1 Å². The van der Waals surface area contributed by atoms with E-state index < -0.39 is 0 Å². The Morgan fingerprint density at radius 1 is 1.62 bits per heavy atom. The highest BCUT2D eigenvalue weighted by atomic mass is 16.5. The molecule has 0 spiro atoms. The van der Waals surface area contributed by atoms with Gasteiger partial charge in [0.25, 0.3) is 0 Å². The van der Waals surface area contributed by atoms with Crippen molar-refractivity contribution in [3.05, 3.63) is 17.8 Å². The smallest absolute Gasteiger partial charge is 0.166 e. The van der Waals surface area contributed by atoms with Gasteiger partial charge in [-0.1, -0.05) is 6.92 Å². The Hall–Kier alpha value is -1.25. The molecule has 0 bridgehead atoms. The van der Waals surface area contributed by atoms with Crippen molar-refractivity contribution in [2.24, 2.45) is 0 Å². The van der Waals surface area contributed by atoms with Crippen molar-refractivity contribution >= 4 is 5.82 Å². The lowest BCUT2D eigenvalue weighted by molar-refractivity contribution is 0.303. The van der Waals surface area contributed by atoms with Gasteiger partial charge in [0.05, 0.1) is 6.10 Å². The first-order chi connectivity index (χ1) is 6.29. The molecule has 1 fully saturated rings. The maximum atomic E-state index is 5.68. The van der Waals surface area contributed by atoms with Crippen LogP contribution < -0.4 is 10.5 Å². The van der Waals surface area contributed by atoms with E-state index in [4.69, 9.17) is 10.5 Å². The molecule has 0 aromatic carbocycles. The second kappa shape index (κ2) is 3.24. The summed E-state index contributed by atoms with van der Waals surface area (Å²) < 4.78 is 5.61. The zero-order valence-electron chi connectivity index (χ0n) is 7.79. The van der Waals surface area contributed by atoms with Gasteiger partial charge < -0.3 is 10.5 Å². The molecule has 1 heterocycles. The molecule has 2 N–H and O–H groups in total. The largest absolute Gasteiger partial charge is 0.487 e. The molecule has 0 saturated heterocycles. The molecule has 3 heteroatoms. The van der Waals surface area contributed by atoms with E-state index >= 15 is 0 Å². The molecule has 0 amide bonds. The Bertz CT molecular complexity index is 308. The van der Waals surface area contributed by atoms with Crippen molar-refractivity contribution in [3.8, 4) is 5.75 Å². The number of hydrogen-bond acceptors (Lipinski definition) is 3. The van der Waals surface area contributed by atoms with Crippen molar-refractivity contribution in [3.63, 3.8) is 0 Å². The summed E-state index contributed by atoms with van der Waals surface area (Å²) in [7, 11) is 0. The molecule has 0 radical (unpaired) electrons. The quantitative estimate of drug-likeness (QED) is 0.767. The third-order valence-corrected chi connectivity index (χ3v) is 2.16. The Balaban J connectivity index is 2.19. The lowest BCUT2D eigenvalue weighted by Crippen LogP contribution is -2.02. The summed E-state index contributed by atoms with van der Waals surface area (Å²) in [5, 5.41) is 0. The molecule has 0 aliphatic heterocycles. The van der Waals surface area contributed by atoms with Gasteiger partial charge in [-0.3, -0.25) is 0 Å². The van der Waals surface area contributed by atoms with E-state index in [0.717, 1.165) is 25.0 Å². The SMILES string of the molecule is CCc1cnc(N)c(OC2CC2)c1. The van der Waals surface area contributed by atoms with Crippen LogP contribution in [-0.4, -0.2) is 11.1 Å². The zero-order chi connectivity index (χ0) is 9.26. The highest BCUT2D eigenvalue weighted by molar-refractivity contribution is 5.47. The average molecular weight is 178 g/mol. The standard InChI is InChI=1S/C10H14N2O/c1-2-7-5-9(10(11)12-6-7)13-8-3-4-8/h5-6,8H,2-4H2,1H3,(H2,11,12). The van der Waals surface area contributed by atoms with Gasteiger partial charge in [-0.05, 0) is 30.9 Å².